The summed E-state index contributed by atoms with van der Waals surface area (Å²) in [6, 6.07) is 4.01. The molecule has 1 heterocycles. The van der Waals surface area contributed by atoms with Gasteiger partial charge in [-0.05, 0) is 42.5 Å². The molecule has 0 aliphatic heterocycles. The van der Waals surface area contributed by atoms with Crippen LogP contribution in [0.25, 0.3) is 10.9 Å². The number of benzene rings is 1. The molecule has 2 aromatic rings. The predicted octanol–water partition coefficient (Wildman–Crippen LogP) is 2.73. The molecule has 0 saturated carbocycles. The van der Waals surface area contributed by atoms with Crippen molar-refractivity contribution in [2.75, 3.05) is 0 Å². The zero-order valence-electron chi connectivity index (χ0n) is 13.5. The third-order valence-corrected chi connectivity index (χ3v) is 3.86. The minimum atomic E-state index is -0.560. The van der Waals surface area contributed by atoms with E-state index in [-0.39, 0.29) is 23.2 Å². The molecule has 2 rings (SSSR count). The number of nitrogens with one attached hydrogen (secondary N) is 2. The second-order valence-corrected chi connectivity index (χ2v) is 6.96. The first-order chi connectivity index (χ1) is 10.2. The summed E-state index contributed by atoms with van der Waals surface area (Å²) in [5, 5.41) is 3.78. The maximum Gasteiger partial charge on any atom is 0.237 e. The monoisotopic (exact) mass is 305 g/mol. The van der Waals surface area contributed by atoms with Crippen molar-refractivity contribution < 1.29 is 9.18 Å². The van der Waals surface area contributed by atoms with Crippen LogP contribution in [0.2, 0.25) is 0 Å². The minimum Gasteiger partial charge on any atom is -0.361 e. The Kier molecular flexibility index (Phi) is 4.56. The fourth-order valence-corrected chi connectivity index (χ4v) is 2.43. The van der Waals surface area contributed by atoms with E-state index in [2.05, 4.69) is 10.3 Å². The predicted molar refractivity (Wildman–Crippen MR) is 87.0 cm³/mol. The molecule has 2 atom stereocenters. The number of fused-ring (bicyclic) bond motifs is 1. The Bertz CT molecular complexity index is 672. The summed E-state index contributed by atoms with van der Waals surface area (Å²) >= 11 is 0. The van der Waals surface area contributed by atoms with Gasteiger partial charge in [0.05, 0.1) is 6.04 Å². The van der Waals surface area contributed by atoms with E-state index >= 15 is 0 Å². The molecule has 2 unspecified atom stereocenters. The van der Waals surface area contributed by atoms with Crippen LogP contribution in [0.1, 0.15) is 33.3 Å². The highest BCUT2D eigenvalue weighted by Crippen LogP contribution is 2.21. The molecule has 22 heavy (non-hydrogen) atoms. The van der Waals surface area contributed by atoms with E-state index in [9.17, 15) is 9.18 Å². The van der Waals surface area contributed by atoms with Crippen molar-refractivity contribution in [3.63, 3.8) is 0 Å². The van der Waals surface area contributed by atoms with Crippen molar-refractivity contribution in [3.8, 4) is 0 Å². The van der Waals surface area contributed by atoms with E-state index in [1.165, 1.54) is 12.1 Å². The SMILES string of the molecule is CC(Cc1c[nH]c2ccc(F)cc12)NC(=O)C(N)C(C)(C)C. The van der Waals surface area contributed by atoms with Crippen molar-refractivity contribution >= 4 is 16.8 Å². The Hall–Kier alpha value is -1.88. The Morgan fingerprint density at radius 3 is 2.73 bits per heavy atom. The van der Waals surface area contributed by atoms with E-state index in [4.69, 9.17) is 5.73 Å². The molecule has 0 spiro atoms. The zero-order valence-corrected chi connectivity index (χ0v) is 13.5. The van der Waals surface area contributed by atoms with Crippen LogP contribution in [0.4, 0.5) is 4.39 Å². The molecule has 0 aliphatic carbocycles. The first-order valence-electron chi connectivity index (χ1n) is 7.50. The number of hydrogen-bond acceptors (Lipinski definition) is 2. The molecule has 0 saturated heterocycles. The highest BCUT2D eigenvalue weighted by atomic mass is 19.1. The lowest BCUT2D eigenvalue weighted by molar-refractivity contribution is -0.125. The largest absolute Gasteiger partial charge is 0.361 e. The van der Waals surface area contributed by atoms with Gasteiger partial charge in [-0.25, -0.2) is 4.39 Å². The van der Waals surface area contributed by atoms with Gasteiger partial charge in [0.15, 0.2) is 0 Å². The minimum absolute atomic E-state index is 0.0804. The number of nitrogens with two attached hydrogens (primary N) is 1. The number of halogens is 1. The molecule has 0 bridgehead atoms. The molecule has 0 radical (unpaired) electrons. The van der Waals surface area contributed by atoms with Crippen LogP contribution in [-0.4, -0.2) is 23.0 Å². The van der Waals surface area contributed by atoms with Gasteiger partial charge in [-0.15, -0.1) is 0 Å². The lowest BCUT2D eigenvalue weighted by atomic mass is 9.87. The van der Waals surface area contributed by atoms with Gasteiger partial charge in [-0.2, -0.15) is 0 Å². The Labute approximate surface area is 130 Å². The van der Waals surface area contributed by atoms with E-state index in [1.54, 1.807) is 6.07 Å². The molecule has 120 valence electrons. The number of carbonyl (C=O) groups is 1. The average molecular weight is 305 g/mol. The molecule has 1 aromatic heterocycles. The molecule has 5 heteroatoms. The lowest BCUT2D eigenvalue weighted by Gasteiger charge is -2.27. The van der Waals surface area contributed by atoms with Crippen molar-refractivity contribution in [2.45, 2.75) is 46.2 Å². The van der Waals surface area contributed by atoms with E-state index < -0.39 is 6.04 Å². The number of H-pyrrole nitrogens is 1. The topological polar surface area (TPSA) is 70.9 Å². The first-order valence-corrected chi connectivity index (χ1v) is 7.50. The number of amides is 1. The van der Waals surface area contributed by atoms with Crippen LogP contribution in [0.15, 0.2) is 24.4 Å². The molecule has 0 aliphatic rings. The summed E-state index contributed by atoms with van der Waals surface area (Å²) in [5.74, 6) is -0.425. The van der Waals surface area contributed by atoms with Crippen molar-refractivity contribution in [3.05, 3.63) is 35.8 Å². The van der Waals surface area contributed by atoms with Crippen LogP contribution in [0.5, 0.6) is 0 Å². The molecular weight excluding hydrogens is 281 g/mol. The van der Waals surface area contributed by atoms with Crippen LogP contribution < -0.4 is 11.1 Å². The zero-order chi connectivity index (χ0) is 16.5. The standard InChI is InChI=1S/C17H24FN3O/c1-10(21-16(22)15(19)17(2,3)4)7-11-9-20-14-6-5-12(18)8-13(11)14/h5-6,8-10,15,20H,7,19H2,1-4H3,(H,21,22). The van der Waals surface area contributed by atoms with Crippen LogP contribution in [0.3, 0.4) is 0 Å². The van der Waals surface area contributed by atoms with Crippen molar-refractivity contribution in [2.24, 2.45) is 11.1 Å². The molecule has 0 fully saturated rings. The van der Waals surface area contributed by atoms with Crippen molar-refractivity contribution in [1.29, 1.82) is 0 Å². The van der Waals surface area contributed by atoms with Crippen LogP contribution >= 0.6 is 0 Å². The Balaban J connectivity index is 2.06. The molecule has 1 amide bonds. The third-order valence-electron chi connectivity index (χ3n) is 3.86. The number of aromatic nitrogens is 1. The van der Waals surface area contributed by atoms with Gasteiger partial charge in [0.1, 0.15) is 5.82 Å². The maximum atomic E-state index is 13.4. The van der Waals surface area contributed by atoms with Gasteiger partial charge in [0, 0.05) is 23.1 Å². The number of rotatable bonds is 4. The average Bonchev–Trinajstić information content (AvgIpc) is 2.79. The Morgan fingerprint density at radius 1 is 1.41 bits per heavy atom. The quantitative estimate of drug-likeness (QED) is 0.813. The first kappa shape index (κ1) is 16.5. The van der Waals surface area contributed by atoms with E-state index in [0.29, 0.717) is 6.42 Å². The van der Waals surface area contributed by atoms with Crippen LogP contribution in [-0.2, 0) is 11.2 Å². The summed E-state index contributed by atoms with van der Waals surface area (Å²) in [7, 11) is 0. The van der Waals surface area contributed by atoms with Gasteiger partial charge in [0.2, 0.25) is 5.91 Å². The van der Waals surface area contributed by atoms with Gasteiger partial charge < -0.3 is 16.0 Å². The van der Waals surface area contributed by atoms with Gasteiger partial charge in [-0.3, -0.25) is 4.79 Å². The molecule has 4 N–H and O–H groups in total. The summed E-state index contributed by atoms with van der Waals surface area (Å²) in [6.07, 6.45) is 2.47. The van der Waals surface area contributed by atoms with Gasteiger partial charge in [-0.1, -0.05) is 20.8 Å². The number of carbonyl (C=O) groups excluding carboxylic acids is 1. The normalized spacial score (nSPS) is 14.8. The molecule has 1 aromatic carbocycles. The van der Waals surface area contributed by atoms with E-state index in [0.717, 1.165) is 16.5 Å². The second kappa shape index (κ2) is 6.08. The fraction of sp³-hybridized carbons (Fsp3) is 0.471. The second-order valence-electron chi connectivity index (χ2n) is 6.96. The summed E-state index contributed by atoms with van der Waals surface area (Å²) in [5.41, 5.74) is 7.54. The smallest absolute Gasteiger partial charge is 0.237 e. The summed E-state index contributed by atoms with van der Waals surface area (Å²) in [6.45, 7) is 7.73. The number of hydrogen-bond donors (Lipinski definition) is 3. The van der Waals surface area contributed by atoms with Crippen LogP contribution in [0, 0.1) is 11.2 Å². The third kappa shape index (κ3) is 3.65. The van der Waals surface area contributed by atoms with E-state index in [1.807, 2.05) is 33.9 Å². The van der Waals surface area contributed by atoms with Gasteiger partial charge >= 0.3 is 0 Å². The Morgan fingerprint density at radius 2 is 2.09 bits per heavy atom. The maximum absolute atomic E-state index is 13.4. The lowest BCUT2D eigenvalue weighted by Crippen LogP contribution is -2.51. The highest BCUT2D eigenvalue weighted by Gasteiger charge is 2.28. The number of aromatic amines is 1. The molecule has 4 nitrogen and oxygen atoms in total. The summed E-state index contributed by atoms with van der Waals surface area (Å²) in [4.78, 5) is 15.3. The summed E-state index contributed by atoms with van der Waals surface area (Å²) < 4.78 is 13.4. The highest BCUT2D eigenvalue weighted by molar-refractivity contribution is 5.84. The molecular formula is C17H24FN3O. The van der Waals surface area contributed by atoms with Crippen molar-refractivity contribution in [1.82, 2.24) is 10.3 Å². The van der Waals surface area contributed by atoms with Gasteiger partial charge in [0.25, 0.3) is 0 Å². The fourth-order valence-electron chi connectivity index (χ4n) is 2.43.